The maximum atomic E-state index is 12.8. The molecule has 1 saturated heterocycles. The van der Waals surface area contributed by atoms with Crippen LogP contribution in [0.4, 0.5) is 0 Å². The Kier molecular flexibility index (Phi) is 4.42. The standard InChI is InChI=1S/C21H25NO2/c23-21(22-14-6-10-17-8-2-4-12-19(17)22)15-24-20-13-5-9-16-7-1-3-11-18(16)20/h1,3,5,7,9,11,13,17,19H,2,4,6,8,10,12,14-15H2/t17-,19-/m1/s1. The summed E-state index contributed by atoms with van der Waals surface area (Å²) in [5.74, 6) is 1.67. The van der Waals surface area contributed by atoms with Gasteiger partial charge < -0.3 is 9.64 Å². The average molecular weight is 323 g/mol. The van der Waals surface area contributed by atoms with E-state index in [1.54, 1.807) is 0 Å². The molecule has 0 spiro atoms. The number of carbonyl (C=O) groups excluding carboxylic acids is 1. The molecule has 0 N–H and O–H groups in total. The van der Waals surface area contributed by atoms with Gasteiger partial charge in [0.2, 0.25) is 0 Å². The summed E-state index contributed by atoms with van der Waals surface area (Å²) in [5.41, 5.74) is 0. The van der Waals surface area contributed by atoms with Crippen molar-refractivity contribution in [3.8, 4) is 5.75 Å². The quantitative estimate of drug-likeness (QED) is 0.838. The Morgan fingerprint density at radius 1 is 1.00 bits per heavy atom. The van der Waals surface area contributed by atoms with Gasteiger partial charge in [-0.3, -0.25) is 4.79 Å². The second-order valence-electron chi connectivity index (χ2n) is 7.11. The summed E-state index contributed by atoms with van der Waals surface area (Å²) in [7, 11) is 0. The lowest BCUT2D eigenvalue weighted by molar-refractivity contribution is -0.139. The van der Waals surface area contributed by atoms with Crippen LogP contribution in [0, 0.1) is 5.92 Å². The van der Waals surface area contributed by atoms with E-state index in [9.17, 15) is 4.79 Å². The fraction of sp³-hybridized carbons (Fsp3) is 0.476. The van der Waals surface area contributed by atoms with Crippen LogP contribution in [0.1, 0.15) is 38.5 Å². The lowest BCUT2D eigenvalue weighted by Gasteiger charge is -2.44. The zero-order chi connectivity index (χ0) is 16.4. The van der Waals surface area contributed by atoms with Crippen molar-refractivity contribution >= 4 is 16.7 Å². The minimum Gasteiger partial charge on any atom is -0.483 e. The molecule has 2 aliphatic rings. The zero-order valence-electron chi connectivity index (χ0n) is 14.1. The van der Waals surface area contributed by atoms with E-state index in [2.05, 4.69) is 17.0 Å². The molecule has 0 aromatic heterocycles. The summed E-state index contributed by atoms with van der Waals surface area (Å²) in [6, 6.07) is 14.6. The number of hydrogen-bond donors (Lipinski definition) is 0. The van der Waals surface area contributed by atoms with Crippen LogP contribution in [-0.4, -0.2) is 30.0 Å². The van der Waals surface area contributed by atoms with Crippen LogP contribution in [0.25, 0.3) is 10.8 Å². The molecule has 24 heavy (non-hydrogen) atoms. The topological polar surface area (TPSA) is 29.5 Å². The largest absolute Gasteiger partial charge is 0.483 e. The number of carbonyl (C=O) groups is 1. The first-order chi connectivity index (χ1) is 11.8. The number of nitrogens with zero attached hydrogens (tertiary/aromatic N) is 1. The monoisotopic (exact) mass is 323 g/mol. The fourth-order valence-corrected chi connectivity index (χ4v) is 4.48. The van der Waals surface area contributed by atoms with Gasteiger partial charge in [-0.25, -0.2) is 0 Å². The van der Waals surface area contributed by atoms with Crippen LogP contribution in [0.2, 0.25) is 0 Å². The van der Waals surface area contributed by atoms with E-state index in [0.29, 0.717) is 12.0 Å². The number of ether oxygens (including phenoxy) is 1. The van der Waals surface area contributed by atoms with Gasteiger partial charge in [0.25, 0.3) is 5.91 Å². The van der Waals surface area contributed by atoms with E-state index in [0.717, 1.165) is 29.5 Å². The highest BCUT2D eigenvalue weighted by Crippen LogP contribution is 2.35. The molecule has 3 heteroatoms. The number of fused-ring (bicyclic) bond motifs is 2. The molecule has 1 aliphatic carbocycles. The molecule has 1 amide bonds. The summed E-state index contributed by atoms with van der Waals surface area (Å²) in [6.45, 7) is 1.05. The van der Waals surface area contributed by atoms with Crippen molar-refractivity contribution in [3.63, 3.8) is 0 Å². The van der Waals surface area contributed by atoms with Gasteiger partial charge in [-0.1, -0.05) is 49.2 Å². The van der Waals surface area contributed by atoms with E-state index in [4.69, 9.17) is 4.74 Å². The van der Waals surface area contributed by atoms with Crippen LogP contribution in [0.5, 0.6) is 5.75 Å². The summed E-state index contributed by atoms with van der Waals surface area (Å²) in [6.07, 6.45) is 7.48. The lowest BCUT2D eigenvalue weighted by Crippen LogP contribution is -2.51. The molecule has 2 aromatic rings. The smallest absolute Gasteiger partial charge is 0.260 e. The molecule has 2 atom stereocenters. The van der Waals surface area contributed by atoms with Gasteiger partial charge in [0, 0.05) is 18.0 Å². The number of amides is 1. The lowest BCUT2D eigenvalue weighted by atomic mass is 9.78. The Hall–Kier alpha value is -2.03. The average Bonchev–Trinajstić information content (AvgIpc) is 2.65. The highest BCUT2D eigenvalue weighted by atomic mass is 16.5. The molecule has 2 fully saturated rings. The van der Waals surface area contributed by atoms with Gasteiger partial charge in [0.05, 0.1) is 0 Å². The van der Waals surface area contributed by atoms with Gasteiger partial charge >= 0.3 is 0 Å². The van der Waals surface area contributed by atoms with Crippen molar-refractivity contribution in [2.24, 2.45) is 5.92 Å². The predicted molar refractivity (Wildman–Crippen MR) is 96.1 cm³/mol. The Labute approximate surface area is 143 Å². The Morgan fingerprint density at radius 2 is 1.79 bits per heavy atom. The normalized spacial score (nSPS) is 23.8. The molecule has 0 radical (unpaired) electrons. The first-order valence-corrected chi connectivity index (χ1v) is 9.23. The summed E-state index contributed by atoms with van der Waals surface area (Å²) >= 11 is 0. The van der Waals surface area contributed by atoms with Gasteiger partial charge in [-0.05, 0) is 43.1 Å². The Balaban J connectivity index is 1.46. The second-order valence-corrected chi connectivity index (χ2v) is 7.11. The molecular formula is C21H25NO2. The summed E-state index contributed by atoms with van der Waals surface area (Å²) in [4.78, 5) is 14.9. The third-order valence-electron chi connectivity index (χ3n) is 5.66. The van der Waals surface area contributed by atoms with Gasteiger partial charge in [0.1, 0.15) is 5.75 Å². The molecule has 0 bridgehead atoms. The molecule has 0 unspecified atom stereocenters. The third kappa shape index (κ3) is 3.00. The number of hydrogen-bond acceptors (Lipinski definition) is 2. The Bertz CT molecular complexity index is 719. The van der Waals surface area contributed by atoms with Crippen molar-refractivity contribution in [1.29, 1.82) is 0 Å². The van der Waals surface area contributed by atoms with Crippen LogP contribution in [0.15, 0.2) is 42.5 Å². The Morgan fingerprint density at radius 3 is 2.75 bits per heavy atom. The second kappa shape index (κ2) is 6.84. The first kappa shape index (κ1) is 15.5. The third-order valence-corrected chi connectivity index (χ3v) is 5.66. The molecular weight excluding hydrogens is 298 g/mol. The van der Waals surface area contributed by atoms with Gasteiger partial charge in [-0.15, -0.1) is 0 Å². The summed E-state index contributed by atoms with van der Waals surface area (Å²) in [5, 5.41) is 2.22. The van der Waals surface area contributed by atoms with Crippen molar-refractivity contribution in [2.45, 2.75) is 44.6 Å². The van der Waals surface area contributed by atoms with Crippen molar-refractivity contribution in [3.05, 3.63) is 42.5 Å². The van der Waals surface area contributed by atoms with E-state index in [1.807, 2.05) is 30.3 Å². The molecule has 1 aliphatic heterocycles. The fourth-order valence-electron chi connectivity index (χ4n) is 4.48. The predicted octanol–water partition coefficient (Wildman–Crippen LogP) is 4.40. The minimum absolute atomic E-state index is 0.150. The van der Waals surface area contributed by atoms with Gasteiger partial charge in [0.15, 0.2) is 6.61 Å². The number of benzene rings is 2. The maximum Gasteiger partial charge on any atom is 0.260 e. The molecule has 4 rings (SSSR count). The van der Waals surface area contributed by atoms with Crippen molar-refractivity contribution in [1.82, 2.24) is 4.90 Å². The molecule has 1 saturated carbocycles. The minimum atomic E-state index is 0.150. The zero-order valence-corrected chi connectivity index (χ0v) is 14.1. The van der Waals surface area contributed by atoms with Crippen LogP contribution >= 0.6 is 0 Å². The number of piperidine rings is 1. The maximum absolute atomic E-state index is 12.8. The van der Waals surface area contributed by atoms with Crippen LogP contribution in [-0.2, 0) is 4.79 Å². The highest BCUT2D eigenvalue weighted by Gasteiger charge is 2.35. The van der Waals surface area contributed by atoms with Crippen molar-refractivity contribution < 1.29 is 9.53 Å². The van der Waals surface area contributed by atoms with E-state index < -0.39 is 0 Å². The van der Waals surface area contributed by atoms with E-state index in [-0.39, 0.29) is 12.5 Å². The SMILES string of the molecule is O=C(COc1cccc2ccccc12)N1CCC[C@H]2CCCC[C@H]21. The molecule has 1 heterocycles. The molecule has 126 valence electrons. The number of likely N-dealkylation sites (tertiary alicyclic amines) is 1. The van der Waals surface area contributed by atoms with E-state index in [1.165, 1.54) is 32.1 Å². The summed E-state index contributed by atoms with van der Waals surface area (Å²) < 4.78 is 5.92. The van der Waals surface area contributed by atoms with Crippen molar-refractivity contribution in [2.75, 3.05) is 13.2 Å². The highest BCUT2D eigenvalue weighted by molar-refractivity contribution is 5.88. The first-order valence-electron chi connectivity index (χ1n) is 9.23. The molecule has 2 aromatic carbocycles. The molecule has 3 nitrogen and oxygen atoms in total. The van der Waals surface area contributed by atoms with Crippen LogP contribution in [0.3, 0.4) is 0 Å². The van der Waals surface area contributed by atoms with E-state index >= 15 is 0 Å². The van der Waals surface area contributed by atoms with Crippen LogP contribution < -0.4 is 4.74 Å². The number of rotatable bonds is 3. The van der Waals surface area contributed by atoms with Gasteiger partial charge in [-0.2, -0.15) is 0 Å².